The lowest BCUT2D eigenvalue weighted by molar-refractivity contribution is -0.385. The number of amides is 1. The van der Waals surface area contributed by atoms with Crippen molar-refractivity contribution >= 4 is 39.9 Å². The molecule has 0 aliphatic carbocycles. The summed E-state index contributed by atoms with van der Waals surface area (Å²) in [5.74, 6) is -0.635. The van der Waals surface area contributed by atoms with Crippen LogP contribution >= 0.6 is 11.6 Å². The standard InChI is InChI=1S/C20H14ClN5O3/c1-12-6-8-13(9-7-12)25-23-17-10-15(21)16(11-18(17)24-25)22-20(27)14-4-2-3-5-19(14)26(28)29/h2-11H,1H3,(H,22,27). The highest BCUT2D eigenvalue weighted by atomic mass is 35.5. The van der Waals surface area contributed by atoms with E-state index in [0.29, 0.717) is 16.7 Å². The van der Waals surface area contributed by atoms with Crippen LogP contribution in [0.4, 0.5) is 11.4 Å². The number of nitrogens with zero attached hydrogens (tertiary/aromatic N) is 4. The molecular weight excluding hydrogens is 394 g/mol. The summed E-state index contributed by atoms with van der Waals surface area (Å²) in [7, 11) is 0. The van der Waals surface area contributed by atoms with Crippen molar-refractivity contribution in [3.8, 4) is 5.69 Å². The van der Waals surface area contributed by atoms with Crippen LogP contribution in [0.15, 0.2) is 60.7 Å². The number of fused-ring (bicyclic) bond motifs is 1. The van der Waals surface area contributed by atoms with Crippen LogP contribution in [0.1, 0.15) is 15.9 Å². The number of carbonyl (C=O) groups is 1. The van der Waals surface area contributed by atoms with Crippen LogP contribution < -0.4 is 5.32 Å². The molecule has 0 bridgehead atoms. The Morgan fingerprint density at radius 3 is 2.41 bits per heavy atom. The molecule has 0 fully saturated rings. The van der Waals surface area contributed by atoms with Gasteiger partial charge < -0.3 is 5.32 Å². The molecule has 1 amide bonds. The second-order valence-corrected chi connectivity index (χ2v) is 6.78. The van der Waals surface area contributed by atoms with E-state index in [4.69, 9.17) is 11.6 Å². The quantitative estimate of drug-likeness (QED) is 0.395. The van der Waals surface area contributed by atoms with Gasteiger partial charge >= 0.3 is 0 Å². The molecule has 0 atom stereocenters. The number of hydrogen-bond acceptors (Lipinski definition) is 5. The number of halogens is 1. The molecular formula is C20H14ClN5O3. The lowest BCUT2D eigenvalue weighted by Crippen LogP contribution is -2.14. The second kappa shape index (κ2) is 7.33. The summed E-state index contributed by atoms with van der Waals surface area (Å²) in [4.78, 5) is 24.6. The number of nitrogens with one attached hydrogen (secondary N) is 1. The Bertz CT molecular complexity index is 1250. The number of nitro benzene ring substituents is 1. The van der Waals surface area contributed by atoms with Crippen LogP contribution in [0.5, 0.6) is 0 Å². The highest BCUT2D eigenvalue weighted by Gasteiger charge is 2.20. The molecule has 1 aromatic heterocycles. The molecule has 144 valence electrons. The molecule has 0 saturated heterocycles. The fourth-order valence-electron chi connectivity index (χ4n) is 2.84. The number of rotatable bonds is 4. The normalized spacial score (nSPS) is 10.8. The van der Waals surface area contributed by atoms with E-state index < -0.39 is 10.8 Å². The minimum Gasteiger partial charge on any atom is -0.320 e. The van der Waals surface area contributed by atoms with E-state index in [1.165, 1.54) is 23.0 Å². The maximum Gasteiger partial charge on any atom is 0.282 e. The molecule has 0 aliphatic heterocycles. The molecule has 4 rings (SSSR count). The minimum absolute atomic E-state index is 0.0584. The van der Waals surface area contributed by atoms with Gasteiger partial charge in [0.05, 0.1) is 21.3 Å². The van der Waals surface area contributed by atoms with Crippen molar-refractivity contribution < 1.29 is 9.72 Å². The van der Waals surface area contributed by atoms with Crippen LogP contribution in [0, 0.1) is 17.0 Å². The first-order valence-electron chi connectivity index (χ1n) is 8.61. The number of hydrogen-bond donors (Lipinski definition) is 1. The Balaban J connectivity index is 1.68. The van der Waals surface area contributed by atoms with Gasteiger partial charge in [0.25, 0.3) is 11.6 Å². The molecule has 29 heavy (non-hydrogen) atoms. The molecule has 3 aromatic carbocycles. The average Bonchev–Trinajstić information content (AvgIpc) is 3.11. The first-order valence-corrected chi connectivity index (χ1v) is 8.98. The monoisotopic (exact) mass is 407 g/mol. The van der Waals surface area contributed by atoms with Gasteiger partial charge in [-0.05, 0) is 37.3 Å². The largest absolute Gasteiger partial charge is 0.320 e. The van der Waals surface area contributed by atoms with Gasteiger partial charge in [-0.2, -0.15) is 4.80 Å². The number of aryl methyl sites for hydroxylation is 1. The summed E-state index contributed by atoms with van der Waals surface area (Å²) < 4.78 is 0. The summed E-state index contributed by atoms with van der Waals surface area (Å²) in [6.45, 7) is 1.99. The van der Waals surface area contributed by atoms with Crippen molar-refractivity contribution in [2.45, 2.75) is 6.92 Å². The first kappa shape index (κ1) is 18.6. The van der Waals surface area contributed by atoms with Gasteiger partial charge in [-0.15, -0.1) is 10.2 Å². The molecule has 1 heterocycles. The summed E-state index contributed by atoms with van der Waals surface area (Å²) in [5, 5.41) is 22.9. The SMILES string of the molecule is Cc1ccc(-n2nc3cc(Cl)c(NC(=O)c4ccccc4[N+](=O)[O-])cc3n2)cc1. The van der Waals surface area contributed by atoms with Crippen LogP contribution in [0.2, 0.25) is 5.02 Å². The molecule has 4 aromatic rings. The third-order valence-electron chi connectivity index (χ3n) is 4.33. The molecule has 0 aliphatic rings. The van der Waals surface area contributed by atoms with Gasteiger partial charge in [0.1, 0.15) is 16.6 Å². The molecule has 0 radical (unpaired) electrons. The molecule has 9 heteroatoms. The molecule has 1 N–H and O–H groups in total. The van der Waals surface area contributed by atoms with E-state index in [2.05, 4.69) is 15.5 Å². The van der Waals surface area contributed by atoms with Crippen molar-refractivity contribution in [2.75, 3.05) is 5.32 Å². The summed E-state index contributed by atoms with van der Waals surface area (Å²) in [6, 6.07) is 16.6. The summed E-state index contributed by atoms with van der Waals surface area (Å²) in [5.41, 5.74) is 2.93. The van der Waals surface area contributed by atoms with Crippen molar-refractivity contribution in [3.05, 3.63) is 86.9 Å². The predicted octanol–water partition coefficient (Wildman–Crippen LogP) is 4.54. The number of anilines is 1. The Morgan fingerprint density at radius 1 is 1.07 bits per heavy atom. The van der Waals surface area contributed by atoms with E-state index in [1.54, 1.807) is 18.2 Å². The van der Waals surface area contributed by atoms with Crippen LogP contribution in [0.25, 0.3) is 16.7 Å². The van der Waals surface area contributed by atoms with Gasteiger partial charge in [-0.1, -0.05) is 41.4 Å². The maximum absolute atomic E-state index is 12.6. The Labute approximate surface area is 169 Å². The Hall–Kier alpha value is -3.78. The van der Waals surface area contributed by atoms with Gasteiger partial charge in [0.15, 0.2) is 0 Å². The van der Waals surface area contributed by atoms with Gasteiger partial charge in [-0.3, -0.25) is 14.9 Å². The zero-order valence-corrected chi connectivity index (χ0v) is 15.9. The number of para-hydroxylation sites is 1. The van der Waals surface area contributed by atoms with Gasteiger partial charge in [-0.25, -0.2) is 0 Å². The number of carbonyl (C=O) groups excluding carboxylic acids is 1. The van der Waals surface area contributed by atoms with E-state index >= 15 is 0 Å². The van der Waals surface area contributed by atoms with E-state index in [9.17, 15) is 14.9 Å². The van der Waals surface area contributed by atoms with Crippen LogP contribution in [-0.2, 0) is 0 Å². The van der Waals surface area contributed by atoms with Crippen molar-refractivity contribution in [1.29, 1.82) is 0 Å². The smallest absolute Gasteiger partial charge is 0.282 e. The fourth-order valence-corrected chi connectivity index (χ4v) is 3.05. The van der Waals surface area contributed by atoms with Gasteiger partial charge in [0.2, 0.25) is 0 Å². The third kappa shape index (κ3) is 3.65. The zero-order valence-electron chi connectivity index (χ0n) is 15.2. The molecule has 8 nitrogen and oxygen atoms in total. The third-order valence-corrected chi connectivity index (χ3v) is 4.64. The molecule has 0 unspecified atom stereocenters. The maximum atomic E-state index is 12.6. The zero-order chi connectivity index (χ0) is 20.5. The summed E-state index contributed by atoms with van der Waals surface area (Å²) >= 11 is 6.29. The lowest BCUT2D eigenvalue weighted by Gasteiger charge is -2.07. The average molecular weight is 408 g/mol. The minimum atomic E-state index is -0.635. The van der Waals surface area contributed by atoms with Gasteiger partial charge in [0, 0.05) is 6.07 Å². The van der Waals surface area contributed by atoms with E-state index in [-0.39, 0.29) is 16.3 Å². The van der Waals surface area contributed by atoms with E-state index in [0.717, 1.165) is 11.3 Å². The predicted molar refractivity (Wildman–Crippen MR) is 110 cm³/mol. The van der Waals surface area contributed by atoms with Crippen molar-refractivity contribution in [3.63, 3.8) is 0 Å². The lowest BCUT2D eigenvalue weighted by atomic mass is 10.1. The fraction of sp³-hybridized carbons (Fsp3) is 0.0500. The number of benzene rings is 3. The number of nitro groups is 1. The topological polar surface area (TPSA) is 103 Å². The number of aromatic nitrogens is 3. The Kier molecular flexibility index (Phi) is 4.69. The highest BCUT2D eigenvalue weighted by Crippen LogP contribution is 2.28. The Morgan fingerprint density at radius 2 is 1.72 bits per heavy atom. The second-order valence-electron chi connectivity index (χ2n) is 6.37. The first-order chi connectivity index (χ1) is 13.9. The summed E-state index contributed by atoms with van der Waals surface area (Å²) in [6.07, 6.45) is 0. The molecule has 0 spiro atoms. The highest BCUT2D eigenvalue weighted by molar-refractivity contribution is 6.34. The molecule has 0 saturated carbocycles. The van der Waals surface area contributed by atoms with Crippen molar-refractivity contribution in [1.82, 2.24) is 15.0 Å². The van der Waals surface area contributed by atoms with Crippen molar-refractivity contribution in [2.24, 2.45) is 0 Å². The van der Waals surface area contributed by atoms with Crippen LogP contribution in [-0.4, -0.2) is 25.8 Å². The van der Waals surface area contributed by atoms with Crippen LogP contribution in [0.3, 0.4) is 0 Å². The van der Waals surface area contributed by atoms with E-state index in [1.807, 2.05) is 31.2 Å².